The fraction of sp³-hybridized carbons (Fsp3) is 0.846. The summed E-state index contributed by atoms with van der Waals surface area (Å²) in [4.78, 5) is 23.7. The molecule has 1 heterocycles. The van der Waals surface area contributed by atoms with Crippen molar-refractivity contribution in [3.63, 3.8) is 0 Å². The SMILES string of the molecule is CCOC(=O)[C@H]1OC2(CCCC2)O[C@@H]1C(=O)OCC. The molecular formula is C13H20O6. The summed E-state index contributed by atoms with van der Waals surface area (Å²) in [7, 11) is 0. The number of carbonyl (C=O) groups is 2. The van der Waals surface area contributed by atoms with Crippen LogP contribution in [-0.4, -0.2) is 43.1 Å². The molecule has 1 saturated carbocycles. The summed E-state index contributed by atoms with van der Waals surface area (Å²) in [6, 6.07) is 0. The Morgan fingerprint density at radius 3 is 1.79 bits per heavy atom. The molecule has 0 N–H and O–H groups in total. The molecule has 0 radical (unpaired) electrons. The second-order valence-electron chi connectivity index (χ2n) is 4.70. The molecule has 1 aliphatic heterocycles. The van der Waals surface area contributed by atoms with Gasteiger partial charge >= 0.3 is 11.9 Å². The molecule has 0 unspecified atom stereocenters. The maximum Gasteiger partial charge on any atom is 0.338 e. The van der Waals surface area contributed by atoms with Crippen molar-refractivity contribution in [3.8, 4) is 0 Å². The van der Waals surface area contributed by atoms with Crippen molar-refractivity contribution in [2.75, 3.05) is 13.2 Å². The van der Waals surface area contributed by atoms with E-state index in [2.05, 4.69) is 0 Å². The highest BCUT2D eigenvalue weighted by atomic mass is 16.8. The zero-order valence-electron chi connectivity index (χ0n) is 11.3. The Kier molecular flexibility index (Phi) is 4.42. The van der Waals surface area contributed by atoms with Gasteiger partial charge in [0.1, 0.15) is 0 Å². The van der Waals surface area contributed by atoms with Crippen molar-refractivity contribution in [1.82, 2.24) is 0 Å². The predicted molar refractivity (Wildman–Crippen MR) is 64.2 cm³/mol. The molecule has 6 heteroatoms. The van der Waals surface area contributed by atoms with E-state index in [9.17, 15) is 9.59 Å². The van der Waals surface area contributed by atoms with Crippen LogP contribution in [0.5, 0.6) is 0 Å². The van der Waals surface area contributed by atoms with E-state index in [1.54, 1.807) is 13.8 Å². The second kappa shape index (κ2) is 5.88. The van der Waals surface area contributed by atoms with Crippen molar-refractivity contribution in [1.29, 1.82) is 0 Å². The van der Waals surface area contributed by atoms with Gasteiger partial charge in [-0.15, -0.1) is 0 Å². The van der Waals surface area contributed by atoms with Gasteiger partial charge in [-0.25, -0.2) is 9.59 Å². The third-order valence-corrected chi connectivity index (χ3v) is 3.36. The summed E-state index contributed by atoms with van der Waals surface area (Å²) in [5, 5.41) is 0. The number of carbonyl (C=O) groups excluding carboxylic acids is 2. The van der Waals surface area contributed by atoms with Gasteiger partial charge in [-0.3, -0.25) is 0 Å². The van der Waals surface area contributed by atoms with Gasteiger partial charge in [0, 0.05) is 12.8 Å². The van der Waals surface area contributed by atoms with E-state index >= 15 is 0 Å². The Morgan fingerprint density at radius 2 is 1.42 bits per heavy atom. The van der Waals surface area contributed by atoms with E-state index in [4.69, 9.17) is 18.9 Å². The van der Waals surface area contributed by atoms with E-state index in [0.717, 1.165) is 12.8 Å². The summed E-state index contributed by atoms with van der Waals surface area (Å²) >= 11 is 0. The van der Waals surface area contributed by atoms with Gasteiger partial charge in [0.2, 0.25) is 0 Å². The molecular weight excluding hydrogens is 252 g/mol. The molecule has 2 atom stereocenters. The summed E-state index contributed by atoms with van der Waals surface area (Å²) in [5.41, 5.74) is 0. The Labute approximate surface area is 112 Å². The van der Waals surface area contributed by atoms with Crippen LogP contribution in [0.15, 0.2) is 0 Å². The molecule has 2 fully saturated rings. The quantitative estimate of drug-likeness (QED) is 0.715. The van der Waals surface area contributed by atoms with Crippen LogP contribution in [0.2, 0.25) is 0 Å². The predicted octanol–water partition coefficient (Wildman–Crippen LogP) is 1.17. The van der Waals surface area contributed by atoms with Gasteiger partial charge < -0.3 is 18.9 Å². The van der Waals surface area contributed by atoms with Crippen molar-refractivity contribution >= 4 is 11.9 Å². The van der Waals surface area contributed by atoms with E-state index < -0.39 is 29.9 Å². The minimum Gasteiger partial charge on any atom is -0.464 e. The minimum absolute atomic E-state index is 0.237. The molecule has 1 spiro atoms. The minimum atomic E-state index is -1.02. The van der Waals surface area contributed by atoms with Crippen molar-refractivity contribution < 1.29 is 28.5 Å². The zero-order valence-corrected chi connectivity index (χ0v) is 11.3. The standard InChI is InChI=1S/C13H20O6/c1-3-16-11(14)9-10(12(15)17-4-2)19-13(18-9)7-5-6-8-13/h9-10H,3-8H2,1-2H3/t9-,10-/m0/s1. The average Bonchev–Trinajstić information content (AvgIpc) is 2.98. The lowest BCUT2D eigenvalue weighted by Crippen LogP contribution is -2.39. The smallest absolute Gasteiger partial charge is 0.338 e. The monoisotopic (exact) mass is 272 g/mol. The summed E-state index contributed by atoms with van der Waals surface area (Å²) in [5.74, 6) is -1.94. The molecule has 0 aromatic rings. The van der Waals surface area contributed by atoms with Gasteiger partial charge in [-0.1, -0.05) is 0 Å². The van der Waals surface area contributed by atoms with Crippen LogP contribution in [0, 0.1) is 0 Å². The third-order valence-electron chi connectivity index (χ3n) is 3.36. The molecule has 108 valence electrons. The Morgan fingerprint density at radius 1 is 1.00 bits per heavy atom. The topological polar surface area (TPSA) is 71.1 Å². The maximum absolute atomic E-state index is 11.9. The lowest BCUT2D eigenvalue weighted by Gasteiger charge is -2.21. The lowest BCUT2D eigenvalue weighted by atomic mass is 10.2. The number of hydrogen-bond donors (Lipinski definition) is 0. The van der Waals surface area contributed by atoms with E-state index in [-0.39, 0.29) is 13.2 Å². The first-order valence-electron chi connectivity index (χ1n) is 6.81. The first-order chi connectivity index (χ1) is 9.12. The second-order valence-corrected chi connectivity index (χ2v) is 4.70. The van der Waals surface area contributed by atoms with Gasteiger partial charge in [-0.05, 0) is 26.7 Å². The van der Waals surface area contributed by atoms with Crippen LogP contribution in [0.1, 0.15) is 39.5 Å². The van der Waals surface area contributed by atoms with Crippen molar-refractivity contribution in [3.05, 3.63) is 0 Å². The van der Waals surface area contributed by atoms with E-state index in [1.807, 2.05) is 0 Å². The summed E-state index contributed by atoms with van der Waals surface area (Å²) < 4.78 is 21.3. The van der Waals surface area contributed by atoms with Crippen LogP contribution >= 0.6 is 0 Å². The van der Waals surface area contributed by atoms with Gasteiger partial charge in [0.15, 0.2) is 18.0 Å². The van der Waals surface area contributed by atoms with Gasteiger partial charge in [0.25, 0.3) is 0 Å². The Bertz CT molecular complexity index is 319. The fourth-order valence-electron chi connectivity index (χ4n) is 2.56. The highest BCUT2D eigenvalue weighted by molar-refractivity contribution is 5.86. The fourth-order valence-corrected chi connectivity index (χ4v) is 2.56. The summed E-state index contributed by atoms with van der Waals surface area (Å²) in [6.07, 6.45) is 1.28. The van der Waals surface area contributed by atoms with Gasteiger partial charge in [-0.2, -0.15) is 0 Å². The van der Waals surface area contributed by atoms with Crippen LogP contribution in [-0.2, 0) is 28.5 Å². The lowest BCUT2D eigenvalue weighted by molar-refractivity contribution is -0.185. The first kappa shape index (κ1) is 14.3. The van der Waals surface area contributed by atoms with E-state index in [1.165, 1.54) is 0 Å². The molecule has 2 rings (SSSR count). The number of ether oxygens (including phenoxy) is 4. The average molecular weight is 272 g/mol. The van der Waals surface area contributed by atoms with Gasteiger partial charge in [0.05, 0.1) is 13.2 Å². The van der Waals surface area contributed by atoms with Crippen LogP contribution < -0.4 is 0 Å². The zero-order chi connectivity index (χ0) is 13.9. The highest BCUT2D eigenvalue weighted by Crippen LogP contribution is 2.42. The molecule has 0 aromatic heterocycles. The molecule has 0 amide bonds. The molecule has 0 aromatic carbocycles. The largest absolute Gasteiger partial charge is 0.464 e. The van der Waals surface area contributed by atoms with Crippen LogP contribution in [0.4, 0.5) is 0 Å². The normalized spacial score (nSPS) is 28.5. The summed E-state index contributed by atoms with van der Waals surface area (Å²) in [6.45, 7) is 3.89. The van der Waals surface area contributed by atoms with Crippen molar-refractivity contribution in [2.24, 2.45) is 0 Å². The number of esters is 2. The molecule has 0 bridgehead atoms. The highest BCUT2D eigenvalue weighted by Gasteiger charge is 2.55. The third kappa shape index (κ3) is 2.90. The molecule has 19 heavy (non-hydrogen) atoms. The van der Waals surface area contributed by atoms with Crippen LogP contribution in [0.3, 0.4) is 0 Å². The Hall–Kier alpha value is -1.14. The van der Waals surface area contributed by atoms with Crippen LogP contribution in [0.25, 0.3) is 0 Å². The number of rotatable bonds is 4. The molecule has 2 aliphatic rings. The molecule has 1 saturated heterocycles. The van der Waals surface area contributed by atoms with E-state index in [0.29, 0.717) is 12.8 Å². The number of hydrogen-bond acceptors (Lipinski definition) is 6. The first-order valence-corrected chi connectivity index (χ1v) is 6.81. The Balaban J connectivity index is 2.12. The van der Waals surface area contributed by atoms with Crippen molar-refractivity contribution in [2.45, 2.75) is 57.5 Å². The maximum atomic E-state index is 11.9. The molecule has 6 nitrogen and oxygen atoms in total. The molecule has 1 aliphatic carbocycles.